The Balaban J connectivity index is 1.61. The van der Waals surface area contributed by atoms with E-state index >= 15 is 0 Å². The van der Waals surface area contributed by atoms with Gasteiger partial charge in [-0.3, -0.25) is 9.69 Å². The van der Waals surface area contributed by atoms with Gasteiger partial charge in [-0.1, -0.05) is 6.42 Å². The van der Waals surface area contributed by atoms with E-state index in [1.807, 2.05) is 51.1 Å². The zero-order chi connectivity index (χ0) is 23.5. The lowest BCUT2D eigenvalue weighted by Gasteiger charge is -2.39. The van der Waals surface area contributed by atoms with Crippen LogP contribution in [0.15, 0.2) is 34.7 Å². The number of alkyl carbamates (subject to hydrolysis) is 1. The molecule has 2 aliphatic rings. The van der Waals surface area contributed by atoms with Crippen LogP contribution < -0.4 is 10.2 Å². The van der Waals surface area contributed by atoms with Crippen LogP contribution in [0.3, 0.4) is 0 Å². The van der Waals surface area contributed by atoms with Gasteiger partial charge in [-0.15, -0.1) is 0 Å². The molecule has 2 atom stereocenters. The molecule has 2 aromatic rings. The highest BCUT2D eigenvalue weighted by atomic mass is 16.6. The average molecular weight is 454 g/mol. The van der Waals surface area contributed by atoms with Gasteiger partial charge in [0.05, 0.1) is 18.7 Å². The fourth-order valence-corrected chi connectivity index (χ4v) is 4.98. The Labute approximate surface area is 196 Å². The van der Waals surface area contributed by atoms with Gasteiger partial charge < -0.3 is 19.4 Å². The molecule has 1 aromatic carbocycles. The van der Waals surface area contributed by atoms with E-state index in [1.54, 1.807) is 11.8 Å². The second-order valence-corrected chi connectivity index (χ2v) is 9.50. The van der Waals surface area contributed by atoms with Crippen LogP contribution in [0.25, 0.3) is 11.3 Å². The number of nitrogens with zero attached hydrogens (tertiary/aromatic N) is 2. The van der Waals surface area contributed by atoms with Crippen LogP contribution in [0.2, 0.25) is 0 Å². The maximum absolute atomic E-state index is 12.4. The first-order valence-electron chi connectivity index (χ1n) is 12.0. The molecule has 0 saturated carbocycles. The van der Waals surface area contributed by atoms with E-state index in [9.17, 15) is 9.59 Å². The molecule has 4 rings (SSSR count). The van der Waals surface area contributed by atoms with Gasteiger partial charge in [0.15, 0.2) is 0 Å². The number of hydrogen-bond donors (Lipinski definition) is 1. The molecular weight excluding hydrogens is 418 g/mol. The van der Waals surface area contributed by atoms with Gasteiger partial charge in [-0.05, 0) is 89.0 Å². The molecule has 33 heavy (non-hydrogen) atoms. The Hall–Kier alpha value is -2.80. The second-order valence-electron chi connectivity index (χ2n) is 9.50. The molecule has 7 nitrogen and oxygen atoms in total. The molecule has 1 N–H and O–H groups in total. The standard InChI is InChI=1S/C26H35N3O4/c1-17(2)32-26(31)27-23-14-18(3)29(19(4)30)24-10-8-20(15-22(23)24)25-11-9-21(33-25)16-28-12-6-5-7-13-28/h8-11,15,17-18,23H,5-7,12-14,16H2,1-4H3,(H,27,31). The SMILES string of the molecule is CC(=O)N1c2ccc(-c3ccc(CN4CCCCC4)o3)cc2C(NC(=O)OC(C)C)CC1C. The Morgan fingerprint density at radius 1 is 1.15 bits per heavy atom. The maximum Gasteiger partial charge on any atom is 0.407 e. The van der Waals surface area contributed by atoms with Gasteiger partial charge in [0.1, 0.15) is 11.5 Å². The van der Waals surface area contributed by atoms with E-state index in [1.165, 1.54) is 19.3 Å². The summed E-state index contributed by atoms with van der Waals surface area (Å²) in [6.45, 7) is 10.3. The Morgan fingerprint density at radius 3 is 2.61 bits per heavy atom. The van der Waals surface area contributed by atoms with E-state index < -0.39 is 6.09 Å². The number of rotatable bonds is 5. The summed E-state index contributed by atoms with van der Waals surface area (Å²) in [5.41, 5.74) is 2.65. The molecule has 3 heterocycles. The van der Waals surface area contributed by atoms with Crippen LogP contribution in [0.1, 0.15) is 70.7 Å². The Kier molecular flexibility index (Phi) is 7.08. The van der Waals surface area contributed by atoms with E-state index in [0.717, 1.165) is 48.0 Å². The first kappa shape index (κ1) is 23.4. The summed E-state index contributed by atoms with van der Waals surface area (Å²) < 4.78 is 11.5. The average Bonchev–Trinajstić information content (AvgIpc) is 3.22. The van der Waals surface area contributed by atoms with Gasteiger partial charge in [-0.25, -0.2) is 4.79 Å². The molecule has 0 radical (unpaired) electrons. The van der Waals surface area contributed by atoms with Crippen LogP contribution in [0, 0.1) is 0 Å². The molecular formula is C26H35N3O4. The topological polar surface area (TPSA) is 75.0 Å². The fraction of sp³-hybridized carbons (Fsp3) is 0.538. The molecule has 0 bridgehead atoms. The molecule has 2 aliphatic heterocycles. The van der Waals surface area contributed by atoms with Crippen molar-refractivity contribution < 1.29 is 18.7 Å². The molecule has 0 aliphatic carbocycles. The van der Waals surface area contributed by atoms with Crippen molar-refractivity contribution >= 4 is 17.7 Å². The van der Waals surface area contributed by atoms with Crippen molar-refractivity contribution in [1.29, 1.82) is 0 Å². The minimum absolute atomic E-state index is 0.0125. The number of amides is 2. The number of anilines is 1. The number of hydrogen-bond acceptors (Lipinski definition) is 5. The van der Waals surface area contributed by atoms with Gasteiger partial charge in [0.2, 0.25) is 5.91 Å². The Morgan fingerprint density at radius 2 is 1.91 bits per heavy atom. The third kappa shape index (κ3) is 5.41. The highest BCUT2D eigenvalue weighted by Crippen LogP contribution is 2.40. The van der Waals surface area contributed by atoms with Crippen LogP contribution in [0.4, 0.5) is 10.5 Å². The number of nitrogens with one attached hydrogen (secondary N) is 1. The zero-order valence-electron chi connectivity index (χ0n) is 20.1. The summed E-state index contributed by atoms with van der Waals surface area (Å²) in [5.74, 6) is 1.74. The first-order valence-corrected chi connectivity index (χ1v) is 12.0. The van der Waals surface area contributed by atoms with Gasteiger partial charge in [0, 0.05) is 24.2 Å². The van der Waals surface area contributed by atoms with Gasteiger partial charge in [0.25, 0.3) is 0 Å². The highest BCUT2D eigenvalue weighted by molar-refractivity contribution is 5.94. The lowest BCUT2D eigenvalue weighted by molar-refractivity contribution is -0.117. The van der Waals surface area contributed by atoms with Crippen LogP contribution in [0.5, 0.6) is 0 Å². The molecule has 0 spiro atoms. The minimum Gasteiger partial charge on any atom is -0.460 e. The van der Waals surface area contributed by atoms with Crippen molar-refractivity contribution in [3.8, 4) is 11.3 Å². The molecule has 1 fully saturated rings. The summed E-state index contributed by atoms with van der Waals surface area (Å²) in [6.07, 6.45) is 3.77. The number of benzene rings is 1. The van der Waals surface area contributed by atoms with Crippen LogP contribution >= 0.6 is 0 Å². The van der Waals surface area contributed by atoms with Crippen LogP contribution in [-0.2, 0) is 16.1 Å². The van der Waals surface area contributed by atoms with E-state index in [2.05, 4.69) is 10.2 Å². The fourth-order valence-electron chi connectivity index (χ4n) is 4.98. The van der Waals surface area contributed by atoms with Crippen molar-refractivity contribution in [1.82, 2.24) is 10.2 Å². The highest BCUT2D eigenvalue weighted by Gasteiger charge is 2.34. The second kappa shape index (κ2) is 10.00. The quantitative estimate of drug-likeness (QED) is 0.669. The predicted octanol–water partition coefficient (Wildman–Crippen LogP) is 5.25. The lowest BCUT2D eigenvalue weighted by Crippen LogP contribution is -2.45. The number of piperidine rings is 1. The van der Waals surface area contributed by atoms with Crippen molar-refractivity contribution in [3.63, 3.8) is 0 Å². The normalized spacial score (nSPS) is 21.1. The summed E-state index contributed by atoms with van der Waals surface area (Å²) in [7, 11) is 0. The number of likely N-dealkylation sites (tertiary alicyclic amines) is 1. The van der Waals surface area contributed by atoms with Gasteiger partial charge >= 0.3 is 6.09 Å². The largest absolute Gasteiger partial charge is 0.460 e. The summed E-state index contributed by atoms with van der Waals surface area (Å²) in [5, 5.41) is 3.00. The lowest BCUT2D eigenvalue weighted by atomic mass is 9.90. The molecule has 1 saturated heterocycles. The van der Waals surface area contributed by atoms with Crippen molar-refractivity contribution in [3.05, 3.63) is 41.7 Å². The molecule has 1 aromatic heterocycles. The third-order valence-electron chi connectivity index (χ3n) is 6.43. The van der Waals surface area contributed by atoms with E-state index in [4.69, 9.17) is 9.15 Å². The van der Waals surface area contributed by atoms with Gasteiger partial charge in [-0.2, -0.15) is 0 Å². The van der Waals surface area contributed by atoms with Crippen molar-refractivity contribution in [2.75, 3.05) is 18.0 Å². The predicted molar refractivity (Wildman–Crippen MR) is 128 cm³/mol. The maximum atomic E-state index is 12.4. The number of ether oxygens (including phenoxy) is 1. The first-order chi connectivity index (χ1) is 15.8. The zero-order valence-corrected chi connectivity index (χ0v) is 20.1. The van der Waals surface area contributed by atoms with E-state index in [-0.39, 0.29) is 24.1 Å². The summed E-state index contributed by atoms with van der Waals surface area (Å²) in [6, 6.07) is 9.73. The smallest absolute Gasteiger partial charge is 0.407 e. The minimum atomic E-state index is -0.448. The molecule has 2 unspecified atom stereocenters. The molecule has 178 valence electrons. The van der Waals surface area contributed by atoms with Crippen LogP contribution in [-0.4, -0.2) is 42.1 Å². The molecule has 2 amide bonds. The third-order valence-corrected chi connectivity index (χ3v) is 6.43. The number of carbonyl (C=O) groups is 2. The summed E-state index contributed by atoms with van der Waals surface area (Å²) >= 11 is 0. The number of fused-ring (bicyclic) bond motifs is 1. The number of furan rings is 1. The van der Waals surface area contributed by atoms with E-state index in [0.29, 0.717) is 6.42 Å². The van der Waals surface area contributed by atoms with Crippen molar-refractivity contribution in [2.24, 2.45) is 0 Å². The Bertz CT molecular complexity index is 993. The van der Waals surface area contributed by atoms with Crippen molar-refractivity contribution in [2.45, 2.75) is 78.1 Å². The number of carbonyl (C=O) groups excluding carboxylic acids is 2. The summed E-state index contributed by atoms with van der Waals surface area (Å²) in [4.78, 5) is 29.0. The monoisotopic (exact) mass is 453 g/mol. The molecule has 7 heteroatoms.